The van der Waals surface area contributed by atoms with Crippen molar-refractivity contribution in [3.63, 3.8) is 0 Å². The number of aliphatic carboxylic acids is 1. The van der Waals surface area contributed by atoms with Gasteiger partial charge in [-0.3, -0.25) is 14.4 Å². The maximum atomic E-state index is 12.9. The number of hydrogen-bond donors (Lipinski definition) is 5. The molecule has 9 nitrogen and oxygen atoms in total. The van der Waals surface area contributed by atoms with E-state index in [-0.39, 0.29) is 23.7 Å². The molecule has 0 aliphatic carbocycles. The molecule has 0 aliphatic heterocycles. The summed E-state index contributed by atoms with van der Waals surface area (Å²) < 4.78 is 0. The fourth-order valence-corrected chi connectivity index (χ4v) is 2.79. The highest BCUT2D eigenvalue weighted by Gasteiger charge is 2.34. The maximum absolute atomic E-state index is 12.9. The number of rotatable bonds is 12. The fraction of sp³-hybridized carbons (Fsp3) is 0.810. The lowest BCUT2D eigenvalue weighted by molar-refractivity contribution is -0.144. The van der Waals surface area contributed by atoms with Crippen LogP contribution in [-0.2, 0) is 19.2 Å². The Morgan fingerprint density at radius 3 is 1.37 bits per heavy atom. The maximum Gasteiger partial charge on any atom is 0.326 e. The zero-order valence-electron chi connectivity index (χ0n) is 19.5. The van der Waals surface area contributed by atoms with Crippen LogP contribution in [0.4, 0.5) is 0 Å². The minimum Gasteiger partial charge on any atom is -0.480 e. The van der Waals surface area contributed by atoms with Gasteiger partial charge in [-0.1, -0.05) is 61.8 Å². The first-order valence-corrected chi connectivity index (χ1v) is 10.6. The molecule has 0 aromatic rings. The van der Waals surface area contributed by atoms with Crippen molar-refractivity contribution in [1.29, 1.82) is 0 Å². The standard InChI is InChI=1S/C21H40N4O5/c1-9-13(8)17(21(29)30)25-20(28)16(12(6)7)24-19(27)15(11(4)5)23-18(26)14(22)10(2)3/h10-17H,9,22H2,1-8H3,(H,23,26)(H,24,27)(H,25,28)(H,29,30). The van der Waals surface area contributed by atoms with Gasteiger partial charge in [-0.05, 0) is 23.7 Å². The third-order valence-electron chi connectivity index (χ3n) is 5.29. The summed E-state index contributed by atoms with van der Waals surface area (Å²) in [6, 6.07) is -3.62. The summed E-state index contributed by atoms with van der Waals surface area (Å²) in [5, 5.41) is 17.3. The quantitative estimate of drug-likeness (QED) is 0.311. The smallest absolute Gasteiger partial charge is 0.326 e. The van der Waals surface area contributed by atoms with Crippen LogP contribution in [0.1, 0.15) is 61.8 Å². The summed E-state index contributed by atoms with van der Waals surface area (Å²) in [5.74, 6) is -3.54. The van der Waals surface area contributed by atoms with Gasteiger partial charge in [-0.25, -0.2) is 4.79 Å². The van der Waals surface area contributed by atoms with Gasteiger partial charge in [-0.2, -0.15) is 0 Å². The van der Waals surface area contributed by atoms with Crippen molar-refractivity contribution < 1.29 is 24.3 Å². The van der Waals surface area contributed by atoms with Crippen LogP contribution in [0.5, 0.6) is 0 Å². The van der Waals surface area contributed by atoms with Crippen LogP contribution >= 0.6 is 0 Å². The van der Waals surface area contributed by atoms with Crippen LogP contribution in [0.3, 0.4) is 0 Å². The lowest BCUT2D eigenvalue weighted by atomic mass is 9.96. The highest BCUT2D eigenvalue weighted by molar-refractivity contribution is 5.94. The van der Waals surface area contributed by atoms with Crippen LogP contribution in [0.15, 0.2) is 0 Å². The van der Waals surface area contributed by atoms with Gasteiger partial charge >= 0.3 is 5.97 Å². The molecule has 0 fully saturated rings. The Balaban J connectivity index is 5.42. The molecule has 0 rings (SSSR count). The van der Waals surface area contributed by atoms with E-state index in [2.05, 4.69) is 16.0 Å². The van der Waals surface area contributed by atoms with E-state index in [1.54, 1.807) is 34.6 Å². The van der Waals surface area contributed by atoms with E-state index in [0.29, 0.717) is 6.42 Å². The Morgan fingerprint density at radius 2 is 1.07 bits per heavy atom. The van der Waals surface area contributed by atoms with Crippen LogP contribution < -0.4 is 21.7 Å². The lowest BCUT2D eigenvalue weighted by Gasteiger charge is -2.29. The molecule has 0 spiro atoms. The van der Waals surface area contributed by atoms with Crippen molar-refractivity contribution in [2.45, 2.75) is 86.0 Å². The molecule has 5 unspecified atom stereocenters. The number of hydrogen-bond acceptors (Lipinski definition) is 5. The van der Waals surface area contributed by atoms with Crippen LogP contribution in [0.2, 0.25) is 0 Å². The first-order valence-electron chi connectivity index (χ1n) is 10.6. The Morgan fingerprint density at radius 1 is 0.700 bits per heavy atom. The van der Waals surface area contributed by atoms with Crippen molar-refractivity contribution in [2.24, 2.45) is 29.4 Å². The molecule has 30 heavy (non-hydrogen) atoms. The molecule has 5 atom stereocenters. The minimum absolute atomic E-state index is 0.0939. The van der Waals surface area contributed by atoms with E-state index < -0.39 is 47.9 Å². The first-order chi connectivity index (χ1) is 13.7. The first kappa shape index (κ1) is 27.8. The Hall–Kier alpha value is -2.16. The molecule has 3 amide bonds. The summed E-state index contributed by atoms with van der Waals surface area (Å²) in [5.41, 5.74) is 5.87. The van der Waals surface area contributed by atoms with Crippen molar-refractivity contribution in [3.05, 3.63) is 0 Å². The second-order valence-electron chi connectivity index (χ2n) is 8.94. The molecular weight excluding hydrogens is 388 g/mol. The number of amides is 3. The van der Waals surface area contributed by atoms with Gasteiger partial charge in [0.05, 0.1) is 6.04 Å². The zero-order chi connectivity index (χ0) is 23.8. The van der Waals surface area contributed by atoms with Gasteiger partial charge in [0.15, 0.2) is 0 Å². The van der Waals surface area contributed by atoms with Gasteiger partial charge in [0.1, 0.15) is 18.1 Å². The molecule has 174 valence electrons. The molecule has 9 heteroatoms. The van der Waals surface area contributed by atoms with Crippen molar-refractivity contribution in [1.82, 2.24) is 16.0 Å². The number of nitrogens with one attached hydrogen (secondary N) is 3. The van der Waals surface area contributed by atoms with Crippen molar-refractivity contribution >= 4 is 23.7 Å². The number of carboxylic acid groups (broad SMARTS) is 1. The monoisotopic (exact) mass is 428 g/mol. The molecule has 0 bridgehead atoms. The summed E-state index contributed by atoms with van der Waals surface area (Å²) in [6.07, 6.45) is 0.577. The number of carbonyl (C=O) groups is 4. The molecular formula is C21H40N4O5. The Bertz CT molecular complexity index is 606. The van der Waals surface area contributed by atoms with E-state index in [4.69, 9.17) is 5.73 Å². The largest absolute Gasteiger partial charge is 0.480 e. The third kappa shape index (κ3) is 8.30. The highest BCUT2D eigenvalue weighted by atomic mass is 16.4. The normalized spacial score (nSPS) is 16.5. The van der Waals surface area contributed by atoms with Crippen molar-refractivity contribution in [2.75, 3.05) is 0 Å². The van der Waals surface area contributed by atoms with Gasteiger partial charge in [0.2, 0.25) is 17.7 Å². The molecule has 0 radical (unpaired) electrons. The van der Waals surface area contributed by atoms with E-state index in [9.17, 15) is 24.3 Å². The average molecular weight is 429 g/mol. The molecule has 0 aromatic heterocycles. The number of carboxylic acids is 1. The number of carbonyl (C=O) groups excluding carboxylic acids is 3. The minimum atomic E-state index is -1.12. The van der Waals surface area contributed by atoms with Crippen molar-refractivity contribution in [3.8, 4) is 0 Å². The molecule has 0 heterocycles. The van der Waals surface area contributed by atoms with Crippen LogP contribution in [-0.4, -0.2) is 53.0 Å². The van der Waals surface area contributed by atoms with Gasteiger partial charge < -0.3 is 26.8 Å². The Kier molecular flexibility index (Phi) is 11.6. The highest BCUT2D eigenvalue weighted by Crippen LogP contribution is 2.11. The SMILES string of the molecule is CCC(C)C(NC(=O)C(NC(=O)C(NC(=O)C(N)C(C)C)C(C)C)C(C)C)C(=O)O. The third-order valence-corrected chi connectivity index (χ3v) is 5.29. The predicted molar refractivity (Wildman–Crippen MR) is 115 cm³/mol. The number of nitrogens with two attached hydrogens (primary N) is 1. The van der Waals surface area contributed by atoms with Crippen LogP contribution in [0, 0.1) is 23.7 Å². The molecule has 0 saturated heterocycles. The fourth-order valence-electron chi connectivity index (χ4n) is 2.79. The van der Waals surface area contributed by atoms with E-state index >= 15 is 0 Å². The summed E-state index contributed by atoms with van der Waals surface area (Å²) in [4.78, 5) is 49.5. The molecule has 0 aliphatic rings. The van der Waals surface area contributed by atoms with Gasteiger partial charge in [-0.15, -0.1) is 0 Å². The summed E-state index contributed by atoms with van der Waals surface area (Å²) in [6.45, 7) is 14.3. The van der Waals surface area contributed by atoms with E-state index in [1.807, 2.05) is 20.8 Å². The zero-order valence-corrected chi connectivity index (χ0v) is 19.5. The Labute approximate surface area is 179 Å². The molecule has 0 saturated carbocycles. The predicted octanol–water partition coefficient (Wildman–Crippen LogP) is 0.867. The average Bonchev–Trinajstić information content (AvgIpc) is 2.65. The second-order valence-corrected chi connectivity index (χ2v) is 8.94. The lowest BCUT2D eigenvalue weighted by Crippen LogP contribution is -2.60. The summed E-state index contributed by atoms with van der Waals surface area (Å²) >= 11 is 0. The van der Waals surface area contributed by atoms with Crippen LogP contribution in [0.25, 0.3) is 0 Å². The second kappa shape index (κ2) is 12.5. The van der Waals surface area contributed by atoms with Gasteiger partial charge in [0, 0.05) is 0 Å². The van der Waals surface area contributed by atoms with E-state index in [1.165, 1.54) is 0 Å². The van der Waals surface area contributed by atoms with Gasteiger partial charge in [0.25, 0.3) is 0 Å². The molecule has 0 aromatic carbocycles. The van der Waals surface area contributed by atoms with E-state index in [0.717, 1.165) is 0 Å². The topological polar surface area (TPSA) is 151 Å². The molecule has 6 N–H and O–H groups in total. The summed E-state index contributed by atoms with van der Waals surface area (Å²) in [7, 11) is 0.